The maximum absolute atomic E-state index is 4.90. The summed E-state index contributed by atoms with van der Waals surface area (Å²) < 4.78 is 0. The zero-order valence-electron chi connectivity index (χ0n) is 8.77. The van der Waals surface area contributed by atoms with Crippen molar-refractivity contribution in [3.05, 3.63) is 42.1 Å². The predicted molar refractivity (Wildman–Crippen MR) is 57.8 cm³/mol. The molecule has 0 aliphatic heterocycles. The minimum absolute atomic E-state index is 0. The van der Waals surface area contributed by atoms with E-state index in [0.717, 1.165) is 11.3 Å². The van der Waals surface area contributed by atoms with Crippen molar-refractivity contribution in [3.63, 3.8) is 0 Å². The van der Waals surface area contributed by atoms with E-state index in [-0.39, 0.29) is 51.4 Å². The standard InChI is InChI=1S/C11H10N2S.K/c1-8-2-4-9(5-3-8)10-6-7-12-11(14)13-10;/h2-7H,1H3,(H,12,13,14);/q;+1/p-1. The Kier molecular flexibility index (Phi) is 5.32. The van der Waals surface area contributed by atoms with Gasteiger partial charge in [-0.05, 0) is 13.0 Å². The third kappa shape index (κ3) is 3.59. The topological polar surface area (TPSA) is 25.8 Å². The van der Waals surface area contributed by atoms with Crippen LogP contribution in [0.25, 0.3) is 11.3 Å². The molecule has 0 fully saturated rings. The summed E-state index contributed by atoms with van der Waals surface area (Å²) in [6, 6.07) is 10.0. The number of nitrogens with zero attached hydrogens (tertiary/aromatic N) is 2. The van der Waals surface area contributed by atoms with Gasteiger partial charge in [-0.15, -0.1) is 0 Å². The van der Waals surface area contributed by atoms with Crippen LogP contribution in [0.5, 0.6) is 0 Å². The Hall–Kier alpha value is 0.156. The van der Waals surface area contributed by atoms with Crippen molar-refractivity contribution in [3.8, 4) is 11.3 Å². The summed E-state index contributed by atoms with van der Waals surface area (Å²) in [5, 5.41) is 0.392. The molecule has 0 atom stereocenters. The molecule has 2 nitrogen and oxygen atoms in total. The van der Waals surface area contributed by atoms with Crippen LogP contribution in [0.15, 0.2) is 41.7 Å². The van der Waals surface area contributed by atoms with Crippen LogP contribution >= 0.6 is 0 Å². The SMILES string of the molecule is Cc1ccc(-c2ccnc([S-])n2)cc1.[K+]. The molecule has 1 aromatic heterocycles. The largest absolute Gasteiger partial charge is 1.00 e. The van der Waals surface area contributed by atoms with Crippen LogP contribution in [-0.2, 0) is 12.6 Å². The minimum atomic E-state index is 0. The molecule has 2 aromatic rings. The van der Waals surface area contributed by atoms with Crippen LogP contribution in [0.4, 0.5) is 0 Å². The number of aromatic nitrogens is 2. The van der Waals surface area contributed by atoms with E-state index in [1.54, 1.807) is 6.20 Å². The summed E-state index contributed by atoms with van der Waals surface area (Å²) in [7, 11) is 0. The van der Waals surface area contributed by atoms with E-state index in [1.807, 2.05) is 18.2 Å². The predicted octanol–water partition coefficient (Wildman–Crippen LogP) is -0.638. The molecule has 0 spiro atoms. The van der Waals surface area contributed by atoms with Crippen LogP contribution in [0.3, 0.4) is 0 Å². The minimum Gasteiger partial charge on any atom is -0.740 e. The van der Waals surface area contributed by atoms with Crippen LogP contribution in [0, 0.1) is 6.92 Å². The molecule has 0 unspecified atom stereocenters. The van der Waals surface area contributed by atoms with E-state index in [1.165, 1.54) is 5.56 Å². The molecule has 0 bridgehead atoms. The Morgan fingerprint density at radius 3 is 2.33 bits per heavy atom. The van der Waals surface area contributed by atoms with Crippen LogP contribution in [-0.4, -0.2) is 9.97 Å². The van der Waals surface area contributed by atoms with Crippen LogP contribution < -0.4 is 51.4 Å². The monoisotopic (exact) mass is 240 g/mol. The van der Waals surface area contributed by atoms with Gasteiger partial charge in [0.05, 0.1) is 5.69 Å². The molecule has 0 aliphatic rings. The molecule has 1 heterocycles. The third-order valence-electron chi connectivity index (χ3n) is 1.98. The van der Waals surface area contributed by atoms with E-state index in [0.29, 0.717) is 5.16 Å². The van der Waals surface area contributed by atoms with Crippen LogP contribution in [0.2, 0.25) is 0 Å². The van der Waals surface area contributed by atoms with Gasteiger partial charge >= 0.3 is 51.4 Å². The molecule has 0 radical (unpaired) electrons. The fraction of sp³-hybridized carbons (Fsp3) is 0.0909. The van der Waals surface area contributed by atoms with Crippen molar-refractivity contribution in [1.29, 1.82) is 0 Å². The molecule has 0 saturated carbocycles. The van der Waals surface area contributed by atoms with Crippen molar-refractivity contribution in [2.45, 2.75) is 12.1 Å². The molecule has 70 valence electrons. The molecule has 2 rings (SSSR count). The Bertz CT molecular complexity index is 443. The summed E-state index contributed by atoms with van der Waals surface area (Å²) in [6.45, 7) is 2.06. The Morgan fingerprint density at radius 1 is 1.07 bits per heavy atom. The smallest absolute Gasteiger partial charge is 0.740 e. The van der Waals surface area contributed by atoms with Gasteiger partial charge in [-0.3, -0.25) is 9.97 Å². The maximum Gasteiger partial charge on any atom is 1.00 e. The van der Waals surface area contributed by atoms with E-state index in [2.05, 4.69) is 29.0 Å². The van der Waals surface area contributed by atoms with Gasteiger partial charge in [0.2, 0.25) is 0 Å². The Morgan fingerprint density at radius 2 is 1.73 bits per heavy atom. The average Bonchev–Trinajstić information content (AvgIpc) is 2.19. The molecule has 1 aromatic carbocycles. The number of aryl methyl sites for hydroxylation is 1. The Labute approximate surface area is 137 Å². The second-order valence-electron chi connectivity index (χ2n) is 3.09. The molecule has 0 aliphatic carbocycles. The van der Waals surface area contributed by atoms with E-state index in [9.17, 15) is 0 Å². The van der Waals surface area contributed by atoms with Gasteiger partial charge in [0.25, 0.3) is 0 Å². The van der Waals surface area contributed by atoms with E-state index in [4.69, 9.17) is 12.6 Å². The van der Waals surface area contributed by atoms with Gasteiger partial charge < -0.3 is 12.6 Å². The molecule has 15 heavy (non-hydrogen) atoms. The zero-order valence-corrected chi connectivity index (χ0v) is 12.7. The molecular weight excluding hydrogens is 231 g/mol. The molecule has 4 heteroatoms. The number of hydrogen-bond donors (Lipinski definition) is 0. The molecule has 0 amide bonds. The molecule has 0 saturated heterocycles. The molecule has 0 N–H and O–H groups in total. The average molecular weight is 240 g/mol. The Balaban J connectivity index is 0.00000112. The van der Waals surface area contributed by atoms with Gasteiger partial charge in [0, 0.05) is 16.9 Å². The summed E-state index contributed by atoms with van der Waals surface area (Å²) in [6.07, 6.45) is 1.69. The zero-order chi connectivity index (χ0) is 9.97. The fourth-order valence-corrected chi connectivity index (χ4v) is 1.39. The van der Waals surface area contributed by atoms with Gasteiger partial charge in [-0.1, -0.05) is 29.8 Å². The number of hydrogen-bond acceptors (Lipinski definition) is 3. The van der Waals surface area contributed by atoms with E-state index < -0.39 is 0 Å². The summed E-state index contributed by atoms with van der Waals surface area (Å²) >= 11 is 4.90. The van der Waals surface area contributed by atoms with Crippen LogP contribution in [0.1, 0.15) is 5.56 Å². The van der Waals surface area contributed by atoms with Crippen molar-refractivity contribution in [2.24, 2.45) is 0 Å². The summed E-state index contributed by atoms with van der Waals surface area (Å²) in [4.78, 5) is 8.06. The maximum atomic E-state index is 4.90. The van der Waals surface area contributed by atoms with Crippen molar-refractivity contribution in [2.75, 3.05) is 0 Å². The summed E-state index contributed by atoms with van der Waals surface area (Å²) in [5.74, 6) is 0. The van der Waals surface area contributed by atoms with Gasteiger partial charge in [-0.2, -0.15) is 0 Å². The second kappa shape index (κ2) is 6.03. The fourth-order valence-electron chi connectivity index (χ4n) is 1.23. The van der Waals surface area contributed by atoms with Crippen molar-refractivity contribution >= 4 is 12.6 Å². The normalized spacial score (nSPS) is 9.40. The summed E-state index contributed by atoms with van der Waals surface area (Å²) in [5.41, 5.74) is 3.19. The van der Waals surface area contributed by atoms with Gasteiger partial charge in [0.15, 0.2) is 0 Å². The molecular formula is C11H9KN2S. The third-order valence-corrected chi connectivity index (χ3v) is 2.18. The number of benzene rings is 1. The quantitative estimate of drug-likeness (QED) is 0.377. The first-order chi connectivity index (χ1) is 6.75. The number of rotatable bonds is 1. The first kappa shape index (κ1) is 13.2. The van der Waals surface area contributed by atoms with Gasteiger partial charge in [-0.25, -0.2) is 0 Å². The van der Waals surface area contributed by atoms with Crippen molar-refractivity contribution in [1.82, 2.24) is 9.97 Å². The van der Waals surface area contributed by atoms with E-state index >= 15 is 0 Å². The first-order valence-electron chi connectivity index (χ1n) is 4.33. The first-order valence-corrected chi connectivity index (χ1v) is 4.73. The van der Waals surface area contributed by atoms with Crippen molar-refractivity contribution < 1.29 is 51.4 Å². The second-order valence-corrected chi connectivity index (χ2v) is 3.46. The van der Waals surface area contributed by atoms with Gasteiger partial charge in [0.1, 0.15) is 0 Å².